The molecule has 0 bridgehead atoms. The first-order chi connectivity index (χ1) is 9.35. The molecular weight excluding hydrogens is 240 g/mol. The summed E-state index contributed by atoms with van der Waals surface area (Å²) in [5.41, 5.74) is 0. The van der Waals surface area contributed by atoms with Crippen LogP contribution in [0, 0.1) is 0 Å². The van der Waals surface area contributed by atoms with Gasteiger partial charge in [0.25, 0.3) is 0 Å². The number of hydrogen-bond donors (Lipinski definition) is 1. The second-order valence-electron chi connectivity index (χ2n) is 5.22. The summed E-state index contributed by atoms with van der Waals surface area (Å²) in [6.07, 6.45) is 7.50. The number of nitrogens with zero attached hydrogens (tertiary/aromatic N) is 1. The lowest BCUT2D eigenvalue weighted by Crippen LogP contribution is -2.16. The Morgan fingerprint density at radius 1 is 1.37 bits per heavy atom. The van der Waals surface area contributed by atoms with Gasteiger partial charge in [-0.25, -0.2) is 4.98 Å². The van der Waals surface area contributed by atoms with Crippen LogP contribution in [0.3, 0.4) is 0 Å². The van der Waals surface area contributed by atoms with Crippen molar-refractivity contribution in [2.75, 3.05) is 19.7 Å². The van der Waals surface area contributed by atoms with Crippen LogP contribution in [0.15, 0.2) is 10.6 Å². The van der Waals surface area contributed by atoms with Gasteiger partial charge in [-0.2, -0.15) is 0 Å². The third-order valence-corrected chi connectivity index (χ3v) is 3.72. The van der Waals surface area contributed by atoms with E-state index in [4.69, 9.17) is 9.15 Å². The number of aryl methyl sites for hydroxylation is 1. The minimum Gasteiger partial charge on any atom is -0.445 e. The van der Waals surface area contributed by atoms with E-state index in [2.05, 4.69) is 24.1 Å². The number of hydrogen-bond acceptors (Lipinski definition) is 4. The molecule has 0 aliphatic carbocycles. The predicted molar refractivity (Wildman–Crippen MR) is 75.4 cm³/mol. The highest BCUT2D eigenvalue weighted by Gasteiger charge is 2.30. The van der Waals surface area contributed by atoms with Crippen LogP contribution in [0.5, 0.6) is 0 Å². The molecule has 1 saturated heterocycles. The van der Waals surface area contributed by atoms with E-state index in [9.17, 15) is 0 Å². The lowest BCUT2D eigenvalue weighted by atomic mass is 9.97. The molecule has 2 unspecified atom stereocenters. The van der Waals surface area contributed by atoms with Crippen LogP contribution in [-0.2, 0) is 11.2 Å². The van der Waals surface area contributed by atoms with Crippen molar-refractivity contribution in [1.29, 1.82) is 0 Å². The highest BCUT2D eigenvalue weighted by molar-refractivity contribution is 5.06. The molecule has 4 nitrogen and oxygen atoms in total. The van der Waals surface area contributed by atoms with Gasteiger partial charge in [-0.1, -0.05) is 13.8 Å². The summed E-state index contributed by atoms with van der Waals surface area (Å²) in [6, 6.07) is 0. The van der Waals surface area contributed by atoms with Gasteiger partial charge in [-0.05, 0) is 38.8 Å². The van der Waals surface area contributed by atoms with Crippen LogP contribution in [0.2, 0.25) is 0 Å². The monoisotopic (exact) mass is 266 g/mol. The van der Waals surface area contributed by atoms with Gasteiger partial charge >= 0.3 is 0 Å². The number of aromatic nitrogens is 1. The van der Waals surface area contributed by atoms with Crippen molar-refractivity contribution in [2.24, 2.45) is 0 Å². The van der Waals surface area contributed by atoms with E-state index < -0.39 is 0 Å². The predicted octanol–water partition coefficient (Wildman–Crippen LogP) is 2.89. The molecule has 108 valence electrons. The van der Waals surface area contributed by atoms with Gasteiger partial charge < -0.3 is 14.5 Å². The summed E-state index contributed by atoms with van der Waals surface area (Å²) in [5.74, 6) is 2.29. The second kappa shape index (κ2) is 7.65. The molecule has 1 aromatic heterocycles. The third-order valence-electron chi connectivity index (χ3n) is 3.72. The molecular formula is C15H26N2O2. The molecule has 1 aliphatic rings. The summed E-state index contributed by atoms with van der Waals surface area (Å²) in [6.45, 7) is 7.32. The highest BCUT2D eigenvalue weighted by Crippen LogP contribution is 2.33. The van der Waals surface area contributed by atoms with E-state index in [1.165, 1.54) is 6.42 Å². The molecule has 2 atom stereocenters. The zero-order valence-electron chi connectivity index (χ0n) is 12.2. The molecule has 19 heavy (non-hydrogen) atoms. The summed E-state index contributed by atoms with van der Waals surface area (Å²) in [7, 11) is 0. The van der Waals surface area contributed by atoms with E-state index in [-0.39, 0.29) is 0 Å². The minimum atomic E-state index is 0.312. The number of rotatable bonds is 8. The first-order valence-electron chi connectivity index (χ1n) is 7.62. The van der Waals surface area contributed by atoms with Crippen LogP contribution in [-0.4, -0.2) is 30.8 Å². The van der Waals surface area contributed by atoms with E-state index in [1.807, 2.05) is 6.20 Å². The molecule has 4 heteroatoms. The molecule has 0 aromatic carbocycles. The number of nitrogens with one attached hydrogen (secondary N) is 1. The SMILES string of the molecule is CCCNCCCc1ncc(C2CCOC2CC)o1. The fourth-order valence-corrected chi connectivity index (χ4v) is 2.65. The quantitative estimate of drug-likeness (QED) is 0.735. The van der Waals surface area contributed by atoms with Crippen molar-refractivity contribution < 1.29 is 9.15 Å². The fraction of sp³-hybridized carbons (Fsp3) is 0.800. The molecule has 1 aromatic rings. The Bertz CT molecular complexity index is 365. The van der Waals surface area contributed by atoms with Crippen molar-refractivity contribution >= 4 is 0 Å². The second-order valence-corrected chi connectivity index (χ2v) is 5.22. The van der Waals surface area contributed by atoms with Crippen LogP contribution in [0.25, 0.3) is 0 Å². The van der Waals surface area contributed by atoms with Crippen LogP contribution in [0.4, 0.5) is 0 Å². The van der Waals surface area contributed by atoms with Crippen molar-refractivity contribution in [3.05, 3.63) is 17.8 Å². The lowest BCUT2D eigenvalue weighted by Gasteiger charge is -2.13. The third kappa shape index (κ3) is 4.05. The average molecular weight is 266 g/mol. The van der Waals surface area contributed by atoms with Gasteiger partial charge in [0.05, 0.1) is 12.3 Å². The molecule has 2 heterocycles. The van der Waals surface area contributed by atoms with E-state index in [1.54, 1.807) is 0 Å². The number of oxazole rings is 1. The average Bonchev–Trinajstić information content (AvgIpc) is 3.06. The smallest absolute Gasteiger partial charge is 0.194 e. The Balaban J connectivity index is 1.78. The van der Waals surface area contributed by atoms with Gasteiger partial charge in [-0.3, -0.25) is 0 Å². The normalized spacial score (nSPS) is 23.1. The van der Waals surface area contributed by atoms with Crippen LogP contribution < -0.4 is 5.32 Å². The maximum atomic E-state index is 5.89. The maximum absolute atomic E-state index is 5.89. The van der Waals surface area contributed by atoms with E-state index in [0.29, 0.717) is 12.0 Å². The largest absolute Gasteiger partial charge is 0.445 e. The minimum absolute atomic E-state index is 0.312. The molecule has 1 aliphatic heterocycles. The molecule has 0 spiro atoms. The summed E-state index contributed by atoms with van der Waals surface area (Å²) < 4.78 is 11.6. The van der Waals surface area contributed by atoms with Crippen molar-refractivity contribution in [3.63, 3.8) is 0 Å². The summed E-state index contributed by atoms with van der Waals surface area (Å²) in [4.78, 5) is 4.40. The van der Waals surface area contributed by atoms with E-state index >= 15 is 0 Å². The van der Waals surface area contributed by atoms with Crippen molar-refractivity contribution in [2.45, 2.75) is 58.0 Å². The lowest BCUT2D eigenvalue weighted by molar-refractivity contribution is 0.0971. The van der Waals surface area contributed by atoms with Crippen LogP contribution >= 0.6 is 0 Å². The standard InChI is InChI=1S/C15H26N2O2/c1-3-8-16-9-5-6-15-17-11-14(19-15)12-7-10-18-13(12)4-2/h11-13,16H,3-10H2,1-2H3. The summed E-state index contributed by atoms with van der Waals surface area (Å²) in [5, 5.41) is 3.39. The zero-order chi connectivity index (χ0) is 13.5. The van der Waals surface area contributed by atoms with Crippen molar-refractivity contribution in [3.8, 4) is 0 Å². The Morgan fingerprint density at radius 3 is 3.05 bits per heavy atom. The molecule has 0 amide bonds. The summed E-state index contributed by atoms with van der Waals surface area (Å²) >= 11 is 0. The Kier molecular flexibility index (Phi) is 5.86. The Labute approximate surface area is 115 Å². The molecule has 1 fully saturated rings. The van der Waals surface area contributed by atoms with Crippen molar-refractivity contribution in [1.82, 2.24) is 10.3 Å². The first kappa shape index (κ1) is 14.5. The highest BCUT2D eigenvalue weighted by atomic mass is 16.5. The maximum Gasteiger partial charge on any atom is 0.194 e. The van der Waals surface area contributed by atoms with Gasteiger partial charge in [0.2, 0.25) is 0 Å². The Hall–Kier alpha value is -0.870. The number of ether oxygens (including phenoxy) is 1. The molecule has 2 rings (SSSR count). The van der Waals surface area contributed by atoms with Gasteiger partial charge in [-0.15, -0.1) is 0 Å². The fourth-order valence-electron chi connectivity index (χ4n) is 2.65. The topological polar surface area (TPSA) is 47.3 Å². The first-order valence-corrected chi connectivity index (χ1v) is 7.62. The van der Waals surface area contributed by atoms with Gasteiger partial charge in [0, 0.05) is 18.9 Å². The van der Waals surface area contributed by atoms with E-state index in [0.717, 1.165) is 57.0 Å². The molecule has 0 saturated carbocycles. The molecule has 0 radical (unpaired) electrons. The molecule has 1 N–H and O–H groups in total. The zero-order valence-corrected chi connectivity index (χ0v) is 12.2. The van der Waals surface area contributed by atoms with Gasteiger partial charge in [0.1, 0.15) is 5.76 Å². The van der Waals surface area contributed by atoms with Gasteiger partial charge in [0.15, 0.2) is 5.89 Å². The Morgan fingerprint density at radius 2 is 2.26 bits per heavy atom. The van der Waals surface area contributed by atoms with Crippen LogP contribution in [0.1, 0.15) is 57.1 Å².